The van der Waals surface area contributed by atoms with Gasteiger partial charge in [0, 0.05) is 19.8 Å². The van der Waals surface area contributed by atoms with Gasteiger partial charge in [-0.1, -0.05) is 29.5 Å². The van der Waals surface area contributed by atoms with Crippen molar-refractivity contribution >= 4 is 29.1 Å². The molecular formula is C28H31N3O5S. The van der Waals surface area contributed by atoms with Crippen LogP contribution < -0.4 is 29.3 Å². The first kappa shape index (κ1) is 26.2. The lowest BCUT2D eigenvalue weighted by Gasteiger charge is -2.25. The summed E-state index contributed by atoms with van der Waals surface area (Å²) in [6.45, 7) is 6.05. The van der Waals surface area contributed by atoms with Gasteiger partial charge in [-0.2, -0.15) is 0 Å². The predicted octanol–water partition coefficient (Wildman–Crippen LogP) is 3.27. The van der Waals surface area contributed by atoms with Crippen LogP contribution in [0, 0.1) is 0 Å². The molecule has 0 unspecified atom stereocenters. The third kappa shape index (κ3) is 5.17. The van der Waals surface area contributed by atoms with E-state index in [9.17, 15) is 9.59 Å². The van der Waals surface area contributed by atoms with Crippen LogP contribution in [0.5, 0.6) is 11.5 Å². The lowest BCUT2D eigenvalue weighted by atomic mass is 9.95. The van der Waals surface area contributed by atoms with E-state index in [0.29, 0.717) is 44.3 Å². The normalized spacial score (nSPS) is 15.2. The molecule has 4 rings (SSSR count). The third-order valence-electron chi connectivity index (χ3n) is 6.03. The van der Waals surface area contributed by atoms with Gasteiger partial charge in [-0.25, -0.2) is 9.79 Å². The summed E-state index contributed by atoms with van der Waals surface area (Å²) in [7, 11) is 5.53. The highest BCUT2D eigenvalue weighted by atomic mass is 32.1. The van der Waals surface area contributed by atoms with Crippen LogP contribution in [0.4, 0.5) is 5.69 Å². The maximum atomic E-state index is 13.8. The number of rotatable bonds is 8. The van der Waals surface area contributed by atoms with Crippen LogP contribution in [0.1, 0.15) is 37.9 Å². The summed E-state index contributed by atoms with van der Waals surface area (Å²) in [5, 5.41) is 0. The molecule has 194 valence electrons. The summed E-state index contributed by atoms with van der Waals surface area (Å²) in [6, 6.07) is 12.6. The fraction of sp³-hybridized carbons (Fsp3) is 0.321. The van der Waals surface area contributed by atoms with E-state index < -0.39 is 12.0 Å². The molecule has 2 aromatic carbocycles. The third-order valence-corrected chi connectivity index (χ3v) is 7.01. The molecule has 8 nitrogen and oxygen atoms in total. The van der Waals surface area contributed by atoms with Crippen molar-refractivity contribution < 1.29 is 19.0 Å². The maximum absolute atomic E-state index is 13.8. The zero-order valence-corrected chi connectivity index (χ0v) is 22.7. The summed E-state index contributed by atoms with van der Waals surface area (Å²) < 4.78 is 18.7. The van der Waals surface area contributed by atoms with Crippen LogP contribution in [-0.4, -0.2) is 45.0 Å². The molecule has 1 aliphatic heterocycles. The Morgan fingerprint density at radius 3 is 2.46 bits per heavy atom. The van der Waals surface area contributed by atoms with Crippen molar-refractivity contribution in [3.05, 3.63) is 84.5 Å². The van der Waals surface area contributed by atoms with Crippen LogP contribution in [-0.2, 0) is 9.53 Å². The number of anilines is 1. The van der Waals surface area contributed by atoms with Gasteiger partial charge in [0.15, 0.2) is 16.3 Å². The molecule has 1 atom stereocenters. The van der Waals surface area contributed by atoms with E-state index in [1.165, 1.54) is 11.3 Å². The lowest BCUT2D eigenvalue weighted by Crippen LogP contribution is -2.40. The minimum absolute atomic E-state index is 0.211. The Hall–Kier alpha value is -3.85. The first-order chi connectivity index (χ1) is 17.8. The summed E-state index contributed by atoms with van der Waals surface area (Å²) >= 11 is 1.29. The number of nitrogens with zero attached hydrogens (tertiary/aromatic N) is 3. The highest BCUT2D eigenvalue weighted by Crippen LogP contribution is 2.36. The Labute approximate surface area is 219 Å². The zero-order chi connectivity index (χ0) is 26.7. The predicted molar refractivity (Wildman–Crippen MR) is 145 cm³/mol. The van der Waals surface area contributed by atoms with Crippen molar-refractivity contribution in [3.63, 3.8) is 0 Å². The minimum atomic E-state index is -0.723. The van der Waals surface area contributed by atoms with Gasteiger partial charge >= 0.3 is 5.97 Å². The Bertz CT molecular complexity index is 1520. The Morgan fingerprint density at radius 2 is 1.84 bits per heavy atom. The molecule has 3 aromatic rings. The van der Waals surface area contributed by atoms with Crippen LogP contribution in [0.2, 0.25) is 0 Å². The van der Waals surface area contributed by atoms with E-state index in [0.717, 1.165) is 11.3 Å². The number of fused-ring (bicyclic) bond motifs is 1. The summed E-state index contributed by atoms with van der Waals surface area (Å²) in [4.78, 5) is 34.1. The minimum Gasteiger partial charge on any atom is -0.493 e. The number of ether oxygens (including phenoxy) is 3. The topological polar surface area (TPSA) is 82.4 Å². The number of esters is 1. The lowest BCUT2D eigenvalue weighted by molar-refractivity contribution is -0.139. The molecule has 0 saturated heterocycles. The van der Waals surface area contributed by atoms with Crippen molar-refractivity contribution in [2.75, 3.05) is 39.3 Å². The molecule has 1 aliphatic rings. The molecule has 37 heavy (non-hydrogen) atoms. The Morgan fingerprint density at radius 1 is 1.11 bits per heavy atom. The number of benzene rings is 2. The first-order valence-electron chi connectivity index (χ1n) is 12.1. The van der Waals surface area contributed by atoms with Gasteiger partial charge in [0.25, 0.3) is 5.56 Å². The van der Waals surface area contributed by atoms with Gasteiger partial charge in [0.1, 0.15) is 0 Å². The molecule has 0 bridgehead atoms. The van der Waals surface area contributed by atoms with E-state index in [-0.39, 0.29) is 12.2 Å². The van der Waals surface area contributed by atoms with E-state index in [4.69, 9.17) is 14.2 Å². The van der Waals surface area contributed by atoms with E-state index >= 15 is 0 Å². The van der Waals surface area contributed by atoms with Crippen LogP contribution in [0.3, 0.4) is 0 Å². The maximum Gasteiger partial charge on any atom is 0.338 e. The second kappa shape index (κ2) is 11.0. The number of carbonyl (C=O) groups excluding carboxylic acids is 1. The van der Waals surface area contributed by atoms with Crippen LogP contribution in [0.15, 0.2) is 63.5 Å². The second-order valence-electron chi connectivity index (χ2n) is 8.63. The molecule has 0 N–H and O–H groups in total. The molecule has 0 spiro atoms. The van der Waals surface area contributed by atoms with Crippen LogP contribution in [0.25, 0.3) is 6.08 Å². The summed E-state index contributed by atoms with van der Waals surface area (Å²) in [5.74, 6) is 0.595. The summed E-state index contributed by atoms with van der Waals surface area (Å²) in [5.41, 5.74) is 3.27. The van der Waals surface area contributed by atoms with Crippen molar-refractivity contribution in [1.82, 2.24) is 4.57 Å². The molecule has 0 fully saturated rings. The van der Waals surface area contributed by atoms with Crippen molar-refractivity contribution in [1.29, 1.82) is 0 Å². The molecule has 2 heterocycles. The first-order valence-corrected chi connectivity index (χ1v) is 12.9. The number of hydrogen-bond donors (Lipinski definition) is 0. The van der Waals surface area contributed by atoms with Crippen molar-refractivity contribution in [2.45, 2.75) is 26.8 Å². The fourth-order valence-electron chi connectivity index (χ4n) is 4.26. The zero-order valence-electron chi connectivity index (χ0n) is 21.9. The van der Waals surface area contributed by atoms with Gasteiger partial charge in [0.05, 0.1) is 42.2 Å². The molecule has 0 amide bonds. The largest absolute Gasteiger partial charge is 0.493 e. The molecule has 0 aliphatic carbocycles. The van der Waals surface area contributed by atoms with Gasteiger partial charge in [0.2, 0.25) is 0 Å². The standard InChI is InChI=1S/C28H31N3O5S/c1-7-35-22-16-19(11-14-21(22)34-6)25-24(27(33)36-8-2)17(3)29-28-31(25)26(32)23(37-28)15-18-9-12-20(13-10-18)30(4)5/h9-16,25H,7-8H2,1-6H3/t25-/m0/s1. The number of hydrogen-bond acceptors (Lipinski definition) is 8. The van der Waals surface area contributed by atoms with Crippen LogP contribution >= 0.6 is 11.3 Å². The number of aromatic nitrogens is 1. The van der Waals surface area contributed by atoms with Crippen molar-refractivity contribution in [2.24, 2.45) is 4.99 Å². The number of allylic oxidation sites excluding steroid dienone is 1. The molecule has 9 heteroatoms. The number of thiazole rings is 1. The SMILES string of the molecule is CCOC(=O)C1=C(C)N=c2sc(=Cc3ccc(N(C)C)cc3)c(=O)n2[C@H]1c1ccc(OC)c(OCC)c1. The highest BCUT2D eigenvalue weighted by molar-refractivity contribution is 7.07. The van der Waals surface area contributed by atoms with Gasteiger partial charge < -0.3 is 19.1 Å². The fourth-order valence-corrected chi connectivity index (χ4v) is 5.31. The monoisotopic (exact) mass is 521 g/mol. The Balaban J connectivity index is 1.92. The highest BCUT2D eigenvalue weighted by Gasteiger charge is 2.34. The van der Waals surface area contributed by atoms with E-state index in [2.05, 4.69) is 4.99 Å². The average Bonchev–Trinajstić information content (AvgIpc) is 3.18. The van der Waals surface area contributed by atoms with Gasteiger partial charge in [-0.15, -0.1) is 0 Å². The van der Waals surface area contributed by atoms with E-state index in [1.54, 1.807) is 31.6 Å². The molecule has 1 aromatic heterocycles. The van der Waals surface area contributed by atoms with E-state index in [1.807, 2.05) is 68.4 Å². The molecule has 0 saturated carbocycles. The van der Waals surface area contributed by atoms with Gasteiger partial charge in [-0.3, -0.25) is 9.36 Å². The number of carbonyl (C=O) groups is 1. The van der Waals surface area contributed by atoms with Gasteiger partial charge in [-0.05, 0) is 62.2 Å². The Kier molecular flexibility index (Phi) is 7.83. The smallest absolute Gasteiger partial charge is 0.338 e. The second-order valence-corrected chi connectivity index (χ2v) is 9.64. The molecular weight excluding hydrogens is 490 g/mol. The quantitative estimate of drug-likeness (QED) is 0.423. The van der Waals surface area contributed by atoms with Crippen molar-refractivity contribution in [3.8, 4) is 11.5 Å². The summed E-state index contributed by atoms with van der Waals surface area (Å²) in [6.07, 6.45) is 1.85. The number of methoxy groups -OCH3 is 1. The average molecular weight is 522 g/mol. The molecule has 0 radical (unpaired) electrons.